The lowest BCUT2D eigenvalue weighted by Gasteiger charge is -2.01. The molecule has 90 valence electrons. The molecule has 0 bridgehead atoms. The number of hydrogen-bond acceptors (Lipinski definition) is 4. The van der Waals surface area contributed by atoms with E-state index in [-0.39, 0.29) is 29.5 Å². The molecular weight excluding hydrogens is 220 g/mol. The average Bonchev–Trinajstić information content (AvgIpc) is 2.28. The molecule has 1 N–H and O–H groups in total. The highest BCUT2D eigenvalue weighted by molar-refractivity contribution is 5.96. The van der Waals surface area contributed by atoms with Crippen molar-refractivity contribution in [2.75, 3.05) is 7.11 Å². The normalized spacial score (nSPS) is 10.5. The number of hydrogen-bond donors (Lipinski definition) is 1. The van der Waals surface area contributed by atoms with Crippen molar-refractivity contribution in [1.82, 2.24) is 0 Å². The number of phenolic OH excluding ortho intramolecular Hbond substituents is 1. The first kappa shape index (κ1) is 13.0. The summed E-state index contributed by atoms with van der Waals surface area (Å²) in [5.41, 5.74) is 1.01. The Balaban J connectivity index is 2.77. The molecule has 0 amide bonds. The van der Waals surface area contributed by atoms with Gasteiger partial charge in [-0.2, -0.15) is 0 Å². The van der Waals surface area contributed by atoms with E-state index >= 15 is 0 Å². The average molecular weight is 234 g/mol. The summed E-state index contributed by atoms with van der Waals surface area (Å²) in [7, 11) is 1.32. The number of rotatable bonds is 4. The summed E-state index contributed by atoms with van der Waals surface area (Å²) >= 11 is 0. The van der Waals surface area contributed by atoms with Crippen LogP contribution in [0.3, 0.4) is 0 Å². The second-order valence-electron chi connectivity index (χ2n) is 3.52. The fourth-order valence-corrected chi connectivity index (χ4v) is 1.32. The van der Waals surface area contributed by atoms with Crippen LogP contribution in [0, 0.1) is 0 Å². The minimum atomic E-state index is -0.328. The van der Waals surface area contributed by atoms with Crippen molar-refractivity contribution in [2.24, 2.45) is 0 Å². The molecule has 1 aromatic carbocycles. The van der Waals surface area contributed by atoms with Gasteiger partial charge in [-0.1, -0.05) is 18.2 Å². The van der Waals surface area contributed by atoms with Gasteiger partial charge in [0.05, 0.1) is 19.1 Å². The molecule has 0 aromatic heterocycles. The quantitative estimate of drug-likeness (QED) is 0.640. The summed E-state index contributed by atoms with van der Waals surface area (Å²) < 4.78 is 4.48. The lowest BCUT2D eigenvalue weighted by molar-refractivity contribution is -0.139. The van der Waals surface area contributed by atoms with Crippen LogP contribution in [0.1, 0.15) is 29.3 Å². The topological polar surface area (TPSA) is 63.6 Å². The van der Waals surface area contributed by atoms with Gasteiger partial charge in [0, 0.05) is 0 Å². The number of phenols is 1. The van der Waals surface area contributed by atoms with Crippen molar-refractivity contribution in [3.05, 3.63) is 35.4 Å². The van der Waals surface area contributed by atoms with Gasteiger partial charge in [0.15, 0.2) is 5.78 Å². The first-order valence-corrected chi connectivity index (χ1v) is 5.12. The first-order valence-electron chi connectivity index (χ1n) is 5.12. The number of ether oxygens (including phenoxy) is 1. The van der Waals surface area contributed by atoms with Crippen molar-refractivity contribution in [3.63, 3.8) is 0 Å². The van der Waals surface area contributed by atoms with E-state index in [0.29, 0.717) is 0 Å². The van der Waals surface area contributed by atoms with Gasteiger partial charge < -0.3 is 9.84 Å². The smallest absolute Gasteiger partial charge is 0.309 e. The highest BCUT2D eigenvalue weighted by Crippen LogP contribution is 2.20. The van der Waals surface area contributed by atoms with Gasteiger partial charge in [-0.25, -0.2) is 0 Å². The van der Waals surface area contributed by atoms with Gasteiger partial charge in [0.25, 0.3) is 0 Å². The monoisotopic (exact) mass is 234 g/mol. The largest absolute Gasteiger partial charge is 0.507 e. The summed E-state index contributed by atoms with van der Waals surface area (Å²) in [5.74, 6) is -0.573. The molecule has 1 aromatic rings. The minimum absolute atomic E-state index is 0.0577. The first-order chi connectivity index (χ1) is 8.04. The molecule has 4 nitrogen and oxygen atoms in total. The number of benzene rings is 1. The summed E-state index contributed by atoms with van der Waals surface area (Å²) in [6, 6.07) is 4.73. The van der Waals surface area contributed by atoms with Crippen molar-refractivity contribution in [2.45, 2.75) is 13.3 Å². The third-order valence-corrected chi connectivity index (χ3v) is 2.22. The standard InChI is InChI=1S/C13H14O4/c1-9(14)11-7-6-10(8-12(11)15)4-3-5-13(16)17-2/h3-4,6-8,15H,5H2,1-2H3. The van der Waals surface area contributed by atoms with E-state index < -0.39 is 0 Å². The van der Waals surface area contributed by atoms with Crippen molar-refractivity contribution < 1.29 is 19.4 Å². The minimum Gasteiger partial charge on any atom is -0.507 e. The lowest BCUT2D eigenvalue weighted by atomic mass is 10.1. The maximum Gasteiger partial charge on any atom is 0.309 e. The van der Waals surface area contributed by atoms with E-state index in [1.165, 1.54) is 20.1 Å². The highest BCUT2D eigenvalue weighted by atomic mass is 16.5. The molecule has 0 saturated carbocycles. The fourth-order valence-electron chi connectivity index (χ4n) is 1.32. The van der Waals surface area contributed by atoms with Gasteiger partial charge in [-0.05, 0) is 24.6 Å². The predicted octanol–water partition coefficient (Wildman–Crippen LogP) is 2.17. The molecule has 0 radical (unpaired) electrons. The lowest BCUT2D eigenvalue weighted by Crippen LogP contribution is -1.96. The molecule has 1 rings (SSSR count). The third-order valence-electron chi connectivity index (χ3n) is 2.22. The number of methoxy groups -OCH3 is 1. The van der Waals surface area contributed by atoms with Crippen LogP contribution < -0.4 is 0 Å². The molecule has 17 heavy (non-hydrogen) atoms. The Labute approximate surface area is 99.5 Å². The van der Waals surface area contributed by atoms with E-state index in [0.717, 1.165) is 5.56 Å². The number of carbonyl (C=O) groups excluding carboxylic acids is 2. The second kappa shape index (κ2) is 5.84. The van der Waals surface area contributed by atoms with Crippen LogP contribution in [-0.4, -0.2) is 24.0 Å². The molecule has 0 spiro atoms. The van der Waals surface area contributed by atoms with E-state index in [9.17, 15) is 14.7 Å². The predicted molar refractivity (Wildman–Crippen MR) is 63.8 cm³/mol. The van der Waals surface area contributed by atoms with E-state index in [1.807, 2.05) is 0 Å². The Morgan fingerprint density at radius 2 is 2.12 bits per heavy atom. The number of esters is 1. The van der Waals surface area contributed by atoms with Gasteiger partial charge in [-0.15, -0.1) is 0 Å². The molecule has 0 heterocycles. The number of ketones is 1. The Hall–Kier alpha value is -2.10. The van der Waals surface area contributed by atoms with Gasteiger partial charge in [0.1, 0.15) is 5.75 Å². The number of carbonyl (C=O) groups is 2. The van der Waals surface area contributed by atoms with Crippen LogP contribution in [0.2, 0.25) is 0 Å². The van der Waals surface area contributed by atoms with Crippen molar-refractivity contribution in [1.29, 1.82) is 0 Å². The van der Waals surface area contributed by atoms with Gasteiger partial charge >= 0.3 is 5.97 Å². The molecule has 0 aliphatic heterocycles. The van der Waals surface area contributed by atoms with Crippen LogP contribution in [-0.2, 0) is 9.53 Å². The van der Waals surface area contributed by atoms with Gasteiger partial charge in [0.2, 0.25) is 0 Å². The zero-order valence-electron chi connectivity index (χ0n) is 9.77. The molecule has 0 atom stereocenters. The molecule has 0 saturated heterocycles. The summed E-state index contributed by atoms with van der Waals surface area (Å²) in [6.45, 7) is 1.39. The van der Waals surface area contributed by atoms with Crippen LogP contribution in [0.15, 0.2) is 24.3 Å². The van der Waals surface area contributed by atoms with E-state index in [4.69, 9.17) is 0 Å². The zero-order valence-corrected chi connectivity index (χ0v) is 9.77. The van der Waals surface area contributed by atoms with Gasteiger partial charge in [-0.3, -0.25) is 9.59 Å². The molecule has 0 unspecified atom stereocenters. The van der Waals surface area contributed by atoms with E-state index in [2.05, 4.69) is 4.74 Å². The Morgan fingerprint density at radius 3 is 2.65 bits per heavy atom. The summed E-state index contributed by atoms with van der Waals surface area (Å²) in [5, 5.41) is 9.57. The molecule has 0 aliphatic rings. The highest BCUT2D eigenvalue weighted by Gasteiger charge is 2.05. The van der Waals surface area contributed by atoms with Crippen LogP contribution in [0.5, 0.6) is 5.75 Å². The number of Topliss-reactive ketones (excluding diaryl/α,β-unsaturated/α-hetero) is 1. The second-order valence-corrected chi connectivity index (χ2v) is 3.52. The Bertz CT molecular complexity index is 460. The Morgan fingerprint density at radius 1 is 1.41 bits per heavy atom. The van der Waals surface area contributed by atoms with Crippen LogP contribution in [0.25, 0.3) is 6.08 Å². The molecule has 0 aliphatic carbocycles. The summed E-state index contributed by atoms with van der Waals surface area (Å²) in [4.78, 5) is 21.9. The summed E-state index contributed by atoms with van der Waals surface area (Å²) in [6.07, 6.45) is 3.49. The third kappa shape index (κ3) is 3.75. The fraction of sp³-hybridized carbons (Fsp3) is 0.231. The zero-order chi connectivity index (χ0) is 12.8. The van der Waals surface area contributed by atoms with Crippen molar-refractivity contribution in [3.8, 4) is 5.75 Å². The maximum atomic E-state index is 11.1. The molecule has 0 fully saturated rings. The Kier molecular flexibility index (Phi) is 4.46. The van der Waals surface area contributed by atoms with Crippen molar-refractivity contribution >= 4 is 17.8 Å². The maximum absolute atomic E-state index is 11.1. The van der Waals surface area contributed by atoms with Crippen LogP contribution in [0.4, 0.5) is 0 Å². The number of aromatic hydroxyl groups is 1. The van der Waals surface area contributed by atoms with E-state index in [1.54, 1.807) is 24.3 Å². The molecular formula is C13H14O4. The molecule has 4 heteroatoms. The SMILES string of the molecule is COC(=O)CC=Cc1ccc(C(C)=O)c(O)c1. The van der Waals surface area contributed by atoms with Crippen LogP contribution >= 0.6 is 0 Å².